The number of sulfonamides is 1. The van der Waals surface area contributed by atoms with Crippen LogP contribution in [0.4, 0.5) is 5.69 Å². The number of hydrogen-bond acceptors (Lipinski definition) is 3. The second-order valence-electron chi connectivity index (χ2n) is 8.59. The molecule has 1 saturated heterocycles. The molecule has 1 heterocycles. The number of rotatable bonds is 6. The molecule has 4 nitrogen and oxygen atoms in total. The van der Waals surface area contributed by atoms with Gasteiger partial charge in [0.1, 0.15) is 0 Å². The zero-order chi connectivity index (χ0) is 22.7. The van der Waals surface area contributed by atoms with Crippen molar-refractivity contribution in [2.75, 3.05) is 17.4 Å². The molecule has 4 rings (SSSR count). The first-order valence-corrected chi connectivity index (χ1v) is 12.8. The Hall–Kier alpha value is -2.34. The highest BCUT2D eigenvalue weighted by atomic mass is 35.5. The Bertz CT molecular complexity index is 1170. The molecule has 1 fully saturated rings. The topological polar surface area (TPSA) is 40.6 Å². The van der Waals surface area contributed by atoms with E-state index in [0.29, 0.717) is 4.90 Å². The summed E-state index contributed by atoms with van der Waals surface area (Å²) in [5.74, 6) is 0. The molecular weight excluding hydrogens is 440 g/mol. The number of anilines is 1. The van der Waals surface area contributed by atoms with Crippen molar-refractivity contribution in [2.45, 2.75) is 44.2 Å². The predicted octanol–water partition coefficient (Wildman–Crippen LogP) is 5.82. The van der Waals surface area contributed by atoms with Crippen LogP contribution >= 0.6 is 11.6 Å². The van der Waals surface area contributed by atoms with E-state index < -0.39 is 10.0 Å². The van der Waals surface area contributed by atoms with Gasteiger partial charge < -0.3 is 0 Å². The van der Waals surface area contributed by atoms with Gasteiger partial charge in [0.2, 0.25) is 0 Å². The van der Waals surface area contributed by atoms with Gasteiger partial charge in [0.05, 0.1) is 10.6 Å². The lowest BCUT2D eigenvalue weighted by atomic mass is 10.0. The molecule has 1 aliphatic rings. The van der Waals surface area contributed by atoms with Crippen molar-refractivity contribution < 1.29 is 8.42 Å². The largest absolute Gasteiger partial charge is 0.299 e. The van der Waals surface area contributed by atoms with Crippen molar-refractivity contribution in [1.82, 2.24) is 4.90 Å². The van der Waals surface area contributed by atoms with E-state index in [1.54, 1.807) is 16.4 Å². The SMILES string of the molecule is Cc1ccc(S(=O)(=O)N(c2cccc(C)c2)C2CCN(Cc3cccc(Cl)c3)CC2)cc1. The van der Waals surface area contributed by atoms with Crippen LogP contribution in [0.2, 0.25) is 5.02 Å². The third-order valence-electron chi connectivity index (χ3n) is 6.02. The van der Waals surface area contributed by atoms with E-state index in [4.69, 9.17) is 11.6 Å². The van der Waals surface area contributed by atoms with Crippen LogP contribution in [0.5, 0.6) is 0 Å². The smallest absolute Gasteiger partial charge is 0.264 e. The maximum absolute atomic E-state index is 13.8. The van der Waals surface area contributed by atoms with E-state index in [0.717, 1.165) is 54.3 Å². The van der Waals surface area contributed by atoms with Crippen molar-refractivity contribution in [1.29, 1.82) is 0 Å². The first-order chi connectivity index (χ1) is 15.3. The highest BCUT2D eigenvalue weighted by Crippen LogP contribution is 2.31. The van der Waals surface area contributed by atoms with Gasteiger partial charge in [-0.2, -0.15) is 0 Å². The number of nitrogens with zero attached hydrogens (tertiary/aromatic N) is 2. The molecule has 0 N–H and O–H groups in total. The van der Waals surface area contributed by atoms with E-state index in [9.17, 15) is 8.42 Å². The number of aryl methyl sites for hydroxylation is 2. The molecule has 168 valence electrons. The van der Waals surface area contributed by atoms with Crippen LogP contribution < -0.4 is 4.31 Å². The summed E-state index contributed by atoms with van der Waals surface area (Å²) in [7, 11) is -3.67. The molecule has 1 aliphatic heterocycles. The summed E-state index contributed by atoms with van der Waals surface area (Å²) in [6.45, 7) is 6.45. The van der Waals surface area contributed by atoms with Gasteiger partial charge in [0.25, 0.3) is 10.0 Å². The lowest BCUT2D eigenvalue weighted by molar-refractivity contribution is 0.206. The van der Waals surface area contributed by atoms with E-state index >= 15 is 0 Å². The summed E-state index contributed by atoms with van der Waals surface area (Å²) >= 11 is 6.13. The van der Waals surface area contributed by atoms with Gasteiger partial charge >= 0.3 is 0 Å². The average Bonchev–Trinajstić information content (AvgIpc) is 2.75. The van der Waals surface area contributed by atoms with Crippen LogP contribution in [0.25, 0.3) is 0 Å². The molecule has 3 aromatic rings. The minimum atomic E-state index is -3.67. The molecule has 0 atom stereocenters. The number of likely N-dealkylation sites (tertiary alicyclic amines) is 1. The summed E-state index contributed by atoms with van der Waals surface area (Å²) in [5.41, 5.74) is 4.00. The molecule has 0 amide bonds. The highest BCUT2D eigenvalue weighted by Gasteiger charge is 2.34. The van der Waals surface area contributed by atoms with E-state index in [-0.39, 0.29) is 6.04 Å². The summed E-state index contributed by atoms with van der Waals surface area (Å²) < 4.78 is 29.2. The summed E-state index contributed by atoms with van der Waals surface area (Å²) in [4.78, 5) is 2.71. The van der Waals surface area contributed by atoms with Gasteiger partial charge in [-0.3, -0.25) is 9.21 Å². The van der Waals surface area contributed by atoms with Crippen molar-refractivity contribution in [3.8, 4) is 0 Å². The van der Waals surface area contributed by atoms with Gasteiger partial charge in [-0.15, -0.1) is 0 Å². The average molecular weight is 469 g/mol. The van der Waals surface area contributed by atoms with Gasteiger partial charge in [-0.25, -0.2) is 8.42 Å². The van der Waals surface area contributed by atoms with Crippen molar-refractivity contribution in [2.24, 2.45) is 0 Å². The van der Waals surface area contributed by atoms with E-state index in [2.05, 4.69) is 11.0 Å². The van der Waals surface area contributed by atoms with Gasteiger partial charge in [0.15, 0.2) is 0 Å². The lowest BCUT2D eigenvalue weighted by Crippen LogP contribution is -2.47. The molecule has 6 heteroatoms. The maximum atomic E-state index is 13.8. The van der Waals surface area contributed by atoms with E-state index in [1.807, 2.05) is 68.4 Å². The Labute approximate surface area is 196 Å². The number of piperidine rings is 1. The molecule has 0 bridgehead atoms. The van der Waals surface area contributed by atoms with Crippen molar-refractivity contribution in [3.05, 3.63) is 94.5 Å². The zero-order valence-corrected chi connectivity index (χ0v) is 20.1. The molecule has 0 unspecified atom stereocenters. The lowest BCUT2D eigenvalue weighted by Gasteiger charge is -2.39. The fraction of sp³-hybridized carbons (Fsp3) is 0.308. The minimum Gasteiger partial charge on any atom is -0.299 e. The van der Waals surface area contributed by atoms with Crippen LogP contribution in [0.3, 0.4) is 0 Å². The fourth-order valence-electron chi connectivity index (χ4n) is 4.34. The minimum absolute atomic E-state index is 0.0845. The molecule has 0 aliphatic carbocycles. The van der Waals surface area contributed by atoms with E-state index in [1.165, 1.54) is 5.56 Å². The first kappa shape index (κ1) is 22.8. The van der Waals surface area contributed by atoms with Crippen LogP contribution in [0.1, 0.15) is 29.5 Å². The summed E-state index contributed by atoms with van der Waals surface area (Å²) in [6.07, 6.45) is 1.55. The Balaban J connectivity index is 1.58. The summed E-state index contributed by atoms with van der Waals surface area (Å²) in [6, 6.07) is 22.8. The normalized spacial score (nSPS) is 15.6. The quantitative estimate of drug-likeness (QED) is 0.458. The Morgan fingerprint density at radius 3 is 2.25 bits per heavy atom. The second-order valence-corrected chi connectivity index (χ2v) is 10.8. The Morgan fingerprint density at radius 1 is 0.906 bits per heavy atom. The molecule has 0 radical (unpaired) electrons. The van der Waals surface area contributed by atoms with Gasteiger partial charge in [-0.1, -0.05) is 53.6 Å². The third kappa shape index (κ3) is 5.17. The monoisotopic (exact) mass is 468 g/mol. The maximum Gasteiger partial charge on any atom is 0.264 e. The number of benzene rings is 3. The fourth-order valence-corrected chi connectivity index (χ4v) is 6.25. The van der Waals surface area contributed by atoms with Crippen molar-refractivity contribution >= 4 is 27.3 Å². The van der Waals surface area contributed by atoms with Gasteiger partial charge in [0, 0.05) is 30.7 Å². The van der Waals surface area contributed by atoms with Gasteiger partial charge in [-0.05, 0) is 74.2 Å². The Morgan fingerprint density at radius 2 is 1.59 bits per heavy atom. The molecule has 0 saturated carbocycles. The standard InChI is InChI=1S/C26H29ClN2O2S/c1-20-9-11-26(12-10-20)32(30,31)29(25-8-3-5-21(2)17-25)24-13-15-28(16-14-24)19-22-6-4-7-23(27)18-22/h3-12,17-18,24H,13-16,19H2,1-2H3. The number of halogens is 1. The zero-order valence-electron chi connectivity index (χ0n) is 18.5. The number of hydrogen-bond donors (Lipinski definition) is 0. The molecule has 32 heavy (non-hydrogen) atoms. The molecule has 3 aromatic carbocycles. The predicted molar refractivity (Wildman–Crippen MR) is 132 cm³/mol. The third-order valence-corrected chi connectivity index (χ3v) is 8.15. The van der Waals surface area contributed by atoms with Crippen LogP contribution in [0, 0.1) is 13.8 Å². The second kappa shape index (κ2) is 9.65. The van der Waals surface area contributed by atoms with Crippen LogP contribution in [-0.4, -0.2) is 32.4 Å². The van der Waals surface area contributed by atoms with Crippen LogP contribution in [-0.2, 0) is 16.6 Å². The highest BCUT2D eigenvalue weighted by molar-refractivity contribution is 7.92. The molecular formula is C26H29ClN2O2S. The van der Waals surface area contributed by atoms with Crippen LogP contribution in [0.15, 0.2) is 77.7 Å². The summed E-state index contributed by atoms with van der Waals surface area (Å²) in [5, 5.41) is 0.743. The van der Waals surface area contributed by atoms with Crippen molar-refractivity contribution in [3.63, 3.8) is 0 Å². The molecule has 0 aromatic heterocycles. The molecule has 0 spiro atoms. The first-order valence-electron chi connectivity index (χ1n) is 11.0. The Kier molecular flexibility index (Phi) is 6.89.